The summed E-state index contributed by atoms with van der Waals surface area (Å²) in [6, 6.07) is 9.74. The molecule has 4 heteroatoms. The molecule has 4 nitrogen and oxygen atoms in total. The summed E-state index contributed by atoms with van der Waals surface area (Å²) in [5.41, 5.74) is 1.24. The SMILES string of the molecule is CCC1(CNC(=O)OCc2ccccc2)CCNCC1. The highest BCUT2D eigenvalue weighted by Gasteiger charge is 2.30. The second kappa shape index (κ2) is 7.29. The number of carbonyl (C=O) groups excluding carboxylic acids is 1. The summed E-state index contributed by atoms with van der Waals surface area (Å²) in [4.78, 5) is 11.8. The number of alkyl carbamates (subject to hydrolysis) is 1. The Morgan fingerprint density at radius 1 is 1.30 bits per heavy atom. The van der Waals surface area contributed by atoms with Gasteiger partial charge in [-0.25, -0.2) is 4.79 Å². The van der Waals surface area contributed by atoms with E-state index in [2.05, 4.69) is 17.6 Å². The Kier molecular flexibility index (Phi) is 5.41. The molecule has 1 saturated heterocycles. The van der Waals surface area contributed by atoms with Crippen LogP contribution in [0, 0.1) is 5.41 Å². The molecule has 0 aliphatic carbocycles. The van der Waals surface area contributed by atoms with E-state index in [1.54, 1.807) is 0 Å². The molecular formula is C16H24N2O2. The van der Waals surface area contributed by atoms with Gasteiger partial charge in [-0.15, -0.1) is 0 Å². The second-order valence-electron chi connectivity index (χ2n) is 5.52. The van der Waals surface area contributed by atoms with Crippen molar-refractivity contribution in [3.8, 4) is 0 Å². The maximum Gasteiger partial charge on any atom is 0.407 e. The highest BCUT2D eigenvalue weighted by molar-refractivity contribution is 5.67. The predicted molar refractivity (Wildman–Crippen MR) is 79.5 cm³/mol. The van der Waals surface area contributed by atoms with E-state index in [0.717, 1.165) is 37.9 Å². The number of amides is 1. The van der Waals surface area contributed by atoms with Crippen molar-refractivity contribution in [3.05, 3.63) is 35.9 Å². The average Bonchev–Trinajstić information content (AvgIpc) is 2.53. The number of nitrogens with one attached hydrogen (secondary N) is 2. The molecule has 2 N–H and O–H groups in total. The lowest BCUT2D eigenvalue weighted by Crippen LogP contribution is -2.44. The minimum absolute atomic E-state index is 0.233. The highest BCUT2D eigenvalue weighted by atomic mass is 16.5. The number of hydrogen-bond acceptors (Lipinski definition) is 3. The Morgan fingerprint density at radius 3 is 2.65 bits per heavy atom. The molecule has 0 spiro atoms. The van der Waals surface area contributed by atoms with Gasteiger partial charge in [-0.2, -0.15) is 0 Å². The van der Waals surface area contributed by atoms with Crippen LogP contribution in [0.3, 0.4) is 0 Å². The highest BCUT2D eigenvalue weighted by Crippen LogP contribution is 2.31. The molecular weight excluding hydrogens is 252 g/mol. The lowest BCUT2D eigenvalue weighted by Gasteiger charge is -2.36. The molecule has 1 aliphatic heterocycles. The zero-order valence-corrected chi connectivity index (χ0v) is 12.2. The van der Waals surface area contributed by atoms with Crippen LogP contribution in [0.4, 0.5) is 4.79 Å². The van der Waals surface area contributed by atoms with Crippen molar-refractivity contribution in [2.75, 3.05) is 19.6 Å². The van der Waals surface area contributed by atoms with Crippen molar-refractivity contribution in [3.63, 3.8) is 0 Å². The summed E-state index contributed by atoms with van der Waals surface area (Å²) < 4.78 is 5.24. The summed E-state index contributed by atoms with van der Waals surface area (Å²) >= 11 is 0. The number of rotatable bonds is 5. The Balaban J connectivity index is 1.74. The third-order valence-electron chi connectivity index (χ3n) is 4.23. The van der Waals surface area contributed by atoms with Crippen molar-refractivity contribution in [1.29, 1.82) is 0 Å². The van der Waals surface area contributed by atoms with E-state index in [9.17, 15) is 4.79 Å². The van der Waals surface area contributed by atoms with Gasteiger partial charge in [-0.05, 0) is 43.3 Å². The van der Waals surface area contributed by atoms with Gasteiger partial charge in [0.15, 0.2) is 0 Å². The number of carbonyl (C=O) groups is 1. The van der Waals surface area contributed by atoms with Crippen LogP contribution >= 0.6 is 0 Å². The van der Waals surface area contributed by atoms with Gasteiger partial charge >= 0.3 is 6.09 Å². The van der Waals surface area contributed by atoms with Crippen LogP contribution in [-0.4, -0.2) is 25.7 Å². The van der Waals surface area contributed by atoms with Crippen LogP contribution in [-0.2, 0) is 11.3 Å². The standard InChI is InChI=1S/C16H24N2O2/c1-2-16(8-10-17-11-9-16)13-18-15(19)20-12-14-6-4-3-5-7-14/h3-7,17H,2,8-13H2,1H3,(H,18,19). The summed E-state index contributed by atoms with van der Waals surface area (Å²) in [5.74, 6) is 0. The zero-order chi connectivity index (χ0) is 14.3. The van der Waals surface area contributed by atoms with Gasteiger partial charge < -0.3 is 15.4 Å². The molecule has 0 radical (unpaired) electrons. The van der Waals surface area contributed by atoms with Gasteiger partial charge in [-0.1, -0.05) is 37.3 Å². The summed E-state index contributed by atoms with van der Waals surface area (Å²) in [5, 5.41) is 6.29. The molecule has 1 aliphatic rings. The summed E-state index contributed by atoms with van der Waals surface area (Å²) in [6.45, 7) is 5.30. The molecule has 0 aromatic heterocycles. The van der Waals surface area contributed by atoms with Crippen LogP contribution < -0.4 is 10.6 Å². The van der Waals surface area contributed by atoms with Crippen LogP contribution in [0.1, 0.15) is 31.7 Å². The molecule has 1 aromatic carbocycles. The first-order chi connectivity index (χ1) is 9.74. The Morgan fingerprint density at radius 2 is 2.00 bits per heavy atom. The average molecular weight is 276 g/mol. The van der Waals surface area contributed by atoms with Crippen molar-refractivity contribution < 1.29 is 9.53 Å². The normalized spacial score (nSPS) is 17.4. The molecule has 0 atom stereocenters. The first-order valence-electron chi connectivity index (χ1n) is 7.39. The van der Waals surface area contributed by atoms with E-state index < -0.39 is 0 Å². The maximum absolute atomic E-state index is 11.8. The maximum atomic E-state index is 11.8. The van der Waals surface area contributed by atoms with Crippen LogP contribution in [0.15, 0.2) is 30.3 Å². The van der Waals surface area contributed by atoms with E-state index in [1.807, 2.05) is 30.3 Å². The largest absolute Gasteiger partial charge is 0.445 e. The monoisotopic (exact) mass is 276 g/mol. The Hall–Kier alpha value is -1.55. The molecule has 1 fully saturated rings. The van der Waals surface area contributed by atoms with Gasteiger partial charge in [0.1, 0.15) is 6.61 Å². The van der Waals surface area contributed by atoms with E-state index in [0.29, 0.717) is 13.2 Å². The van der Waals surface area contributed by atoms with Crippen molar-refractivity contribution in [2.45, 2.75) is 32.8 Å². The third kappa shape index (κ3) is 4.23. The van der Waals surface area contributed by atoms with Gasteiger partial charge in [-0.3, -0.25) is 0 Å². The molecule has 110 valence electrons. The minimum atomic E-state index is -0.319. The topological polar surface area (TPSA) is 50.4 Å². The van der Waals surface area contributed by atoms with Gasteiger partial charge in [0.25, 0.3) is 0 Å². The van der Waals surface area contributed by atoms with E-state index >= 15 is 0 Å². The fourth-order valence-corrected chi connectivity index (χ4v) is 2.65. The number of ether oxygens (including phenoxy) is 1. The molecule has 20 heavy (non-hydrogen) atoms. The Labute approximate surface area is 120 Å². The molecule has 2 rings (SSSR count). The molecule has 0 saturated carbocycles. The summed E-state index contributed by atoms with van der Waals surface area (Å²) in [6.07, 6.45) is 3.00. The number of piperidine rings is 1. The first-order valence-corrected chi connectivity index (χ1v) is 7.39. The fraction of sp³-hybridized carbons (Fsp3) is 0.562. The minimum Gasteiger partial charge on any atom is -0.445 e. The molecule has 1 aromatic rings. The lowest BCUT2D eigenvalue weighted by molar-refractivity contribution is 0.125. The number of hydrogen-bond donors (Lipinski definition) is 2. The van der Waals surface area contributed by atoms with E-state index in [1.165, 1.54) is 0 Å². The molecule has 1 heterocycles. The van der Waals surface area contributed by atoms with E-state index in [-0.39, 0.29) is 11.5 Å². The number of benzene rings is 1. The predicted octanol–water partition coefficient (Wildman–Crippen LogP) is 2.69. The van der Waals surface area contributed by atoms with Crippen molar-refractivity contribution >= 4 is 6.09 Å². The van der Waals surface area contributed by atoms with Crippen LogP contribution in [0.2, 0.25) is 0 Å². The second-order valence-corrected chi connectivity index (χ2v) is 5.52. The molecule has 0 unspecified atom stereocenters. The first kappa shape index (κ1) is 14.9. The van der Waals surface area contributed by atoms with Crippen LogP contribution in [0.25, 0.3) is 0 Å². The fourth-order valence-electron chi connectivity index (χ4n) is 2.65. The third-order valence-corrected chi connectivity index (χ3v) is 4.23. The van der Waals surface area contributed by atoms with Gasteiger partial charge in [0, 0.05) is 6.54 Å². The van der Waals surface area contributed by atoms with E-state index in [4.69, 9.17) is 4.74 Å². The summed E-state index contributed by atoms with van der Waals surface area (Å²) in [7, 11) is 0. The van der Waals surface area contributed by atoms with Gasteiger partial charge in [0.05, 0.1) is 0 Å². The van der Waals surface area contributed by atoms with Crippen molar-refractivity contribution in [1.82, 2.24) is 10.6 Å². The lowest BCUT2D eigenvalue weighted by atomic mass is 9.77. The van der Waals surface area contributed by atoms with Crippen molar-refractivity contribution in [2.24, 2.45) is 5.41 Å². The quantitative estimate of drug-likeness (QED) is 0.869. The smallest absolute Gasteiger partial charge is 0.407 e. The molecule has 1 amide bonds. The van der Waals surface area contributed by atoms with Gasteiger partial charge in [0.2, 0.25) is 0 Å². The Bertz CT molecular complexity index is 414. The zero-order valence-electron chi connectivity index (χ0n) is 12.2. The molecule has 0 bridgehead atoms. The van der Waals surface area contributed by atoms with Crippen LogP contribution in [0.5, 0.6) is 0 Å².